The Morgan fingerprint density at radius 2 is 2.67 bits per heavy atom. The predicted molar refractivity (Wildman–Crippen MR) is 33.8 cm³/mol. The van der Waals surface area contributed by atoms with Crippen LogP contribution in [-0.4, -0.2) is 10.5 Å². The molecule has 0 N–H and O–H groups in total. The zero-order valence-corrected chi connectivity index (χ0v) is 8.01. The van der Waals surface area contributed by atoms with Crippen molar-refractivity contribution in [1.82, 2.24) is 0 Å². The van der Waals surface area contributed by atoms with Gasteiger partial charge in [-0.1, -0.05) is 0 Å². The Morgan fingerprint density at radius 1 is 1.89 bits per heavy atom. The molecule has 0 saturated carbocycles. The summed E-state index contributed by atoms with van der Waals surface area (Å²) >= 11 is 0.340. The number of hydrogen-bond acceptors (Lipinski definition) is 1. The molecular formula is C7H12IO-. The van der Waals surface area contributed by atoms with Gasteiger partial charge in [-0.25, -0.2) is 0 Å². The zero-order valence-electron chi connectivity index (χ0n) is 5.86. The molecule has 2 heteroatoms. The van der Waals surface area contributed by atoms with Crippen LogP contribution < -0.4 is 21.2 Å². The maximum atomic E-state index is 5.36. The van der Waals surface area contributed by atoms with Crippen molar-refractivity contribution in [3.8, 4) is 0 Å². The molecule has 1 atom stereocenters. The van der Waals surface area contributed by atoms with Crippen LogP contribution in [0.25, 0.3) is 0 Å². The molecule has 1 heterocycles. The van der Waals surface area contributed by atoms with E-state index in [4.69, 9.17) is 4.74 Å². The summed E-state index contributed by atoms with van der Waals surface area (Å²) in [5.74, 6) is 1.25. The number of alkyl halides is 1. The van der Waals surface area contributed by atoms with Crippen molar-refractivity contribution in [1.29, 1.82) is 0 Å². The molecule has 1 rings (SSSR count). The van der Waals surface area contributed by atoms with Crippen molar-refractivity contribution in [3.05, 3.63) is 9.84 Å². The minimum atomic E-state index is 0.340. The first-order chi connectivity index (χ1) is 4.33. The summed E-state index contributed by atoms with van der Waals surface area (Å²) in [4.78, 5) is 0. The molecule has 0 aliphatic carbocycles. The van der Waals surface area contributed by atoms with Gasteiger partial charge in [0.15, 0.2) is 0 Å². The van der Waals surface area contributed by atoms with Gasteiger partial charge in [-0.2, -0.15) is 0 Å². The SMILES string of the molecule is CCOC1=C[I-]C(C)C1. The molecule has 1 aliphatic heterocycles. The molecule has 0 bridgehead atoms. The molecule has 1 nitrogen and oxygen atoms in total. The van der Waals surface area contributed by atoms with Crippen LogP contribution in [0.5, 0.6) is 0 Å². The molecule has 9 heavy (non-hydrogen) atoms. The van der Waals surface area contributed by atoms with Crippen LogP contribution in [0.3, 0.4) is 0 Å². The monoisotopic (exact) mass is 239 g/mol. The van der Waals surface area contributed by atoms with Gasteiger partial charge in [0, 0.05) is 0 Å². The Bertz CT molecular complexity index is 120. The first-order valence-electron chi connectivity index (χ1n) is 3.26. The van der Waals surface area contributed by atoms with E-state index in [-0.39, 0.29) is 0 Å². The molecule has 0 radical (unpaired) electrons. The Kier molecular flexibility index (Phi) is 2.82. The van der Waals surface area contributed by atoms with Gasteiger partial charge < -0.3 is 0 Å². The van der Waals surface area contributed by atoms with E-state index < -0.39 is 0 Å². The third kappa shape index (κ3) is 2.16. The first-order valence-corrected chi connectivity index (χ1v) is 5.76. The first kappa shape index (κ1) is 7.38. The van der Waals surface area contributed by atoms with Crippen LogP contribution in [0.4, 0.5) is 0 Å². The van der Waals surface area contributed by atoms with E-state index in [2.05, 4.69) is 11.0 Å². The number of halogens is 1. The van der Waals surface area contributed by atoms with E-state index in [9.17, 15) is 0 Å². The molecule has 1 unspecified atom stereocenters. The summed E-state index contributed by atoms with van der Waals surface area (Å²) in [6.07, 6.45) is 1.20. The van der Waals surface area contributed by atoms with Gasteiger partial charge in [-0.05, 0) is 0 Å². The fraction of sp³-hybridized carbons (Fsp3) is 0.714. The van der Waals surface area contributed by atoms with Gasteiger partial charge in [-0.3, -0.25) is 0 Å². The second-order valence-electron chi connectivity index (χ2n) is 2.12. The Morgan fingerprint density at radius 3 is 3.11 bits per heavy atom. The van der Waals surface area contributed by atoms with Gasteiger partial charge in [-0.15, -0.1) is 0 Å². The van der Waals surface area contributed by atoms with E-state index >= 15 is 0 Å². The van der Waals surface area contributed by atoms with Crippen molar-refractivity contribution in [2.45, 2.75) is 24.2 Å². The average molecular weight is 239 g/mol. The Labute approximate surface area is 66.7 Å². The molecule has 0 aromatic carbocycles. The van der Waals surface area contributed by atoms with Crippen molar-refractivity contribution in [2.75, 3.05) is 6.61 Å². The quantitative estimate of drug-likeness (QED) is 0.432. The van der Waals surface area contributed by atoms with Gasteiger partial charge in [0.1, 0.15) is 0 Å². The summed E-state index contributed by atoms with van der Waals surface area (Å²) in [5, 5.41) is 0. The van der Waals surface area contributed by atoms with Gasteiger partial charge in [0.25, 0.3) is 0 Å². The van der Waals surface area contributed by atoms with Crippen LogP contribution >= 0.6 is 0 Å². The van der Waals surface area contributed by atoms with Crippen LogP contribution in [0.1, 0.15) is 20.3 Å². The fourth-order valence-corrected chi connectivity index (χ4v) is 2.96. The molecular weight excluding hydrogens is 227 g/mol. The fourth-order valence-electron chi connectivity index (χ4n) is 0.820. The molecule has 1 aliphatic rings. The van der Waals surface area contributed by atoms with E-state index in [1.54, 1.807) is 0 Å². The van der Waals surface area contributed by atoms with Crippen LogP contribution in [0.15, 0.2) is 9.84 Å². The molecule has 0 spiro atoms. The maximum absolute atomic E-state index is 5.36. The predicted octanol–water partition coefficient (Wildman–Crippen LogP) is -1.25. The summed E-state index contributed by atoms with van der Waals surface area (Å²) in [7, 11) is 0. The van der Waals surface area contributed by atoms with E-state index in [1.165, 1.54) is 12.2 Å². The Hall–Kier alpha value is 0.270. The second kappa shape index (κ2) is 3.44. The molecule has 0 fully saturated rings. The summed E-state index contributed by atoms with van der Waals surface area (Å²) in [5.41, 5.74) is 0. The molecule has 0 aromatic rings. The summed E-state index contributed by atoms with van der Waals surface area (Å²) in [6, 6.07) is 0. The molecule has 0 aromatic heterocycles. The van der Waals surface area contributed by atoms with Crippen LogP contribution in [-0.2, 0) is 4.74 Å². The third-order valence-electron chi connectivity index (χ3n) is 1.21. The summed E-state index contributed by atoms with van der Waals surface area (Å²) < 4.78 is 8.60. The number of rotatable bonds is 2. The number of ether oxygens (including phenoxy) is 1. The van der Waals surface area contributed by atoms with Gasteiger partial charge >= 0.3 is 66.6 Å². The third-order valence-corrected chi connectivity index (χ3v) is 3.93. The number of hydrogen-bond donors (Lipinski definition) is 0. The standard InChI is InChI=1S/C7H12IO/c1-3-9-7-4-6(2)8-5-7/h5-6H,3-4H2,1-2H3/q-1. The summed E-state index contributed by atoms with van der Waals surface area (Å²) in [6.45, 7) is 5.18. The Balaban J connectivity index is 2.27. The van der Waals surface area contributed by atoms with Gasteiger partial charge in [0.2, 0.25) is 0 Å². The van der Waals surface area contributed by atoms with Crippen LogP contribution in [0, 0.1) is 0 Å². The topological polar surface area (TPSA) is 9.23 Å². The van der Waals surface area contributed by atoms with E-state index in [0.717, 1.165) is 10.5 Å². The van der Waals surface area contributed by atoms with Crippen LogP contribution in [0.2, 0.25) is 0 Å². The minimum absolute atomic E-state index is 0.340. The molecule has 0 saturated heterocycles. The second-order valence-corrected chi connectivity index (χ2v) is 5.59. The van der Waals surface area contributed by atoms with E-state index in [0.29, 0.717) is 21.2 Å². The normalized spacial score (nSPS) is 26.9. The van der Waals surface area contributed by atoms with E-state index in [1.807, 2.05) is 6.92 Å². The van der Waals surface area contributed by atoms with Crippen molar-refractivity contribution >= 4 is 0 Å². The average Bonchev–Trinajstić information content (AvgIpc) is 2.17. The van der Waals surface area contributed by atoms with Gasteiger partial charge in [0.05, 0.1) is 0 Å². The van der Waals surface area contributed by atoms with Crippen molar-refractivity contribution in [2.24, 2.45) is 0 Å². The molecule has 54 valence electrons. The zero-order chi connectivity index (χ0) is 6.69. The number of allylic oxidation sites excluding steroid dienone is 1. The van der Waals surface area contributed by atoms with Crippen molar-refractivity contribution in [3.63, 3.8) is 0 Å². The molecule has 0 amide bonds. The van der Waals surface area contributed by atoms with Crippen molar-refractivity contribution < 1.29 is 25.9 Å².